The van der Waals surface area contributed by atoms with Gasteiger partial charge in [0.25, 0.3) is 0 Å². The van der Waals surface area contributed by atoms with Gasteiger partial charge in [-0.25, -0.2) is 0 Å². The molecule has 3 aliphatic carbocycles. The van der Waals surface area contributed by atoms with Crippen LogP contribution < -0.4 is 5.32 Å². The van der Waals surface area contributed by atoms with E-state index >= 15 is 0 Å². The highest BCUT2D eigenvalue weighted by Crippen LogP contribution is 2.47. The Labute approximate surface area is 96.7 Å². The van der Waals surface area contributed by atoms with Crippen LogP contribution in [0.5, 0.6) is 0 Å². The molecule has 4 aliphatic rings. The molecule has 16 heavy (non-hydrogen) atoms. The highest BCUT2D eigenvalue weighted by atomic mass is 16.2. The molecular weight excluding hydrogens is 200 g/mol. The van der Waals surface area contributed by atoms with Gasteiger partial charge in [0.15, 0.2) is 0 Å². The minimum atomic E-state index is 0.190. The number of rotatable bonds is 1. The topological polar surface area (TPSA) is 41.5 Å². The van der Waals surface area contributed by atoms with Crippen molar-refractivity contribution in [3.05, 3.63) is 0 Å². The highest BCUT2D eigenvalue weighted by molar-refractivity contribution is 6.02. The number of carbonyl (C=O) groups excluding carboxylic acids is 1. The predicted octanol–water partition coefficient (Wildman–Crippen LogP) is 1.98. The van der Waals surface area contributed by atoms with Gasteiger partial charge >= 0.3 is 0 Å². The molecule has 3 saturated carbocycles. The Bertz CT molecular complexity index is 340. The maximum atomic E-state index is 12.1. The maximum Gasteiger partial charge on any atom is 0.230 e. The molecule has 0 aromatic carbocycles. The van der Waals surface area contributed by atoms with Crippen LogP contribution in [0, 0.1) is 23.7 Å². The van der Waals surface area contributed by atoms with Gasteiger partial charge in [0.1, 0.15) is 5.84 Å². The maximum absolute atomic E-state index is 12.1. The van der Waals surface area contributed by atoms with Crippen molar-refractivity contribution in [1.29, 1.82) is 0 Å². The fourth-order valence-corrected chi connectivity index (χ4v) is 3.67. The van der Waals surface area contributed by atoms with Gasteiger partial charge in [-0.1, -0.05) is 13.8 Å². The Morgan fingerprint density at radius 1 is 1.19 bits per heavy atom. The monoisotopic (exact) mass is 220 g/mol. The van der Waals surface area contributed by atoms with Crippen molar-refractivity contribution in [2.45, 2.75) is 45.6 Å². The van der Waals surface area contributed by atoms with Crippen LogP contribution in [0.3, 0.4) is 0 Å². The molecule has 2 atom stereocenters. The Morgan fingerprint density at radius 3 is 2.44 bits per heavy atom. The normalized spacial score (nSPS) is 41.7. The van der Waals surface area contributed by atoms with Crippen molar-refractivity contribution in [2.24, 2.45) is 28.7 Å². The van der Waals surface area contributed by atoms with E-state index in [1.165, 1.54) is 25.7 Å². The number of amides is 1. The summed E-state index contributed by atoms with van der Waals surface area (Å²) in [6.07, 6.45) is 5.06. The van der Waals surface area contributed by atoms with E-state index in [9.17, 15) is 4.79 Å². The second-order valence-corrected chi connectivity index (χ2v) is 5.85. The third kappa shape index (κ3) is 1.40. The first-order valence-corrected chi connectivity index (χ1v) is 6.55. The second-order valence-electron chi connectivity index (χ2n) is 5.85. The molecule has 0 aromatic rings. The first-order valence-electron chi connectivity index (χ1n) is 6.55. The number of hydrogen-bond donors (Lipinski definition) is 1. The molecule has 3 heteroatoms. The first kappa shape index (κ1) is 10.3. The number of nitrogens with zero attached hydrogens (tertiary/aromatic N) is 1. The molecule has 0 radical (unpaired) electrons. The molecular formula is C13H20N2O. The van der Waals surface area contributed by atoms with Crippen molar-refractivity contribution in [1.82, 2.24) is 5.32 Å². The Balaban J connectivity index is 1.94. The highest BCUT2D eigenvalue weighted by Gasteiger charge is 2.49. The van der Waals surface area contributed by atoms with Gasteiger partial charge in [-0.15, -0.1) is 0 Å². The lowest BCUT2D eigenvalue weighted by molar-refractivity contribution is -0.130. The molecule has 2 bridgehead atoms. The number of hydrogen-bond acceptors (Lipinski definition) is 2. The van der Waals surface area contributed by atoms with E-state index in [0.717, 1.165) is 5.84 Å². The molecule has 3 nitrogen and oxygen atoms in total. The predicted molar refractivity (Wildman–Crippen MR) is 63.1 cm³/mol. The van der Waals surface area contributed by atoms with Crippen LogP contribution in [0.1, 0.15) is 39.5 Å². The summed E-state index contributed by atoms with van der Waals surface area (Å²) >= 11 is 0. The fraction of sp³-hybridized carbons (Fsp3) is 0.846. The molecule has 1 aliphatic heterocycles. The molecule has 0 spiro atoms. The average Bonchev–Trinajstić information content (AvgIpc) is 2.30. The van der Waals surface area contributed by atoms with E-state index in [2.05, 4.69) is 19.2 Å². The van der Waals surface area contributed by atoms with Crippen LogP contribution in [-0.2, 0) is 4.79 Å². The third-order valence-electron chi connectivity index (χ3n) is 4.56. The summed E-state index contributed by atoms with van der Waals surface area (Å²) in [6, 6.07) is 0.304. The van der Waals surface area contributed by atoms with Gasteiger partial charge < -0.3 is 5.32 Å². The lowest BCUT2D eigenvalue weighted by Crippen LogP contribution is -2.56. The van der Waals surface area contributed by atoms with Crippen molar-refractivity contribution in [3.8, 4) is 0 Å². The molecule has 1 N–H and O–H groups in total. The number of fused-ring (bicyclic) bond motifs is 2. The van der Waals surface area contributed by atoms with Crippen molar-refractivity contribution in [2.75, 3.05) is 0 Å². The van der Waals surface area contributed by atoms with Crippen LogP contribution in [0.25, 0.3) is 0 Å². The van der Waals surface area contributed by atoms with E-state index < -0.39 is 0 Å². The van der Waals surface area contributed by atoms with Crippen LogP contribution in [-0.4, -0.2) is 17.8 Å². The second kappa shape index (κ2) is 3.57. The van der Waals surface area contributed by atoms with Gasteiger partial charge in [-0.2, -0.15) is 0 Å². The van der Waals surface area contributed by atoms with Crippen LogP contribution in [0.4, 0.5) is 0 Å². The summed E-state index contributed by atoms with van der Waals surface area (Å²) in [6.45, 7) is 4.20. The zero-order chi connectivity index (χ0) is 11.3. The van der Waals surface area contributed by atoms with Gasteiger partial charge in [-0.05, 0) is 37.5 Å². The summed E-state index contributed by atoms with van der Waals surface area (Å²) < 4.78 is 0. The van der Waals surface area contributed by atoms with Crippen molar-refractivity contribution in [3.63, 3.8) is 0 Å². The summed E-state index contributed by atoms with van der Waals surface area (Å²) in [5, 5.41) is 3.01. The third-order valence-corrected chi connectivity index (χ3v) is 4.56. The summed E-state index contributed by atoms with van der Waals surface area (Å²) in [5.41, 5.74) is 0. The molecule has 3 fully saturated rings. The van der Waals surface area contributed by atoms with Gasteiger partial charge in [-0.3, -0.25) is 9.79 Å². The van der Waals surface area contributed by atoms with E-state index in [1.807, 2.05) is 0 Å². The Kier molecular flexibility index (Phi) is 2.30. The molecule has 1 heterocycles. The minimum absolute atomic E-state index is 0.190. The lowest BCUT2D eigenvalue weighted by atomic mass is 9.61. The Morgan fingerprint density at radius 2 is 1.81 bits per heavy atom. The quantitative estimate of drug-likeness (QED) is 0.721. The SMILES string of the molecule is CC(C)C1=NC2C3CCC(CC3)C2C(=O)N1. The summed E-state index contributed by atoms with van der Waals surface area (Å²) in [7, 11) is 0. The number of amidine groups is 1. The van der Waals surface area contributed by atoms with Crippen molar-refractivity contribution >= 4 is 11.7 Å². The molecule has 0 saturated heterocycles. The van der Waals surface area contributed by atoms with Crippen LogP contribution in [0.15, 0.2) is 4.99 Å². The first-order chi connectivity index (χ1) is 7.66. The van der Waals surface area contributed by atoms with Gasteiger partial charge in [0.05, 0.1) is 12.0 Å². The molecule has 1 amide bonds. The molecule has 0 aromatic heterocycles. The lowest BCUT2D eigenvalue weighted by Gasteiger charge is -2.48. The summed E-state index contributed by atoms with van der Waals surface area (Å²) in [5.74, 6) is 2.97. The smallest absolute Gasteiger partial charge is 0.230 e. The number of carbonyl (C=O) groups is 1. The van der Waals surface area contributed by atoms with Gasteiger partial charge in [0, 0.05) is 5.92 Å². The standard InChI is InChI=1S/C13H20N2O/c1-7(2)12-14-11-9-5-3-8(4-6-9)10(11)13(16)15-12/h7-11H,3-6H2,1-2H3,(H,14,15,16). The largest absolute Gasteiger partial charge is 0.314 e. The zero-order valence-corrected chi connectivity index (χ0v) is 10.1. The molecule has 2 unspecified atom stereocenters. The zero-order valence-electron chi connectivity index (χ0n) is 10.1. The van der Waals surface area contributed by atoms with E-state index in [0.29, 0.717) is 23.8 Å². The van der Waals surface area contributed by atoms with E-state index in [4.69, 9.17) is 4.99 Å². The summed E-state index contributed by atoms with van der Waals surface area (Å²) in [4.78, 5) is 17.0. The average molecular weight is 220 g/mol. The molecule has 4 rings (SSSR count). The van der Waals surface area contributed by atoms with Crippen LogP contribution in [0.2, 0.25) is 0 Å². The number of aliphatic imine (C=N–C) groups is 1. The van der Waals surface area contributed by atoms with Crippen molar-refractivity contribution < 1.29 is 4.79 Å². The van der Waals surface area contributed by atoms with Gasteiger partial charge in [0.2, 0.25) is 5.91 Å². The number of nitrogens with one attached hydrogen (secondary N) is 1. The van der Waals surface area contributed by atoms with E-state index in [-0.39, 0.29) is 11.8 Å². The molecule has 88 valence electrons. The van der Waals surface area contributed by atoms with E-state index in [1.54, 1.807) is 0 Å². The fourth-order valence-electron chi connectivity index (χ4n) is 3.67. The Hall–Kier alpha value is -0.860. The van der Waals surface area contributed by atoms with Crippen LogP contribution >= 0.6 is 0 Å². The minimum Gasteiger partial charge on any atom is -0.314 e.